The number of hydrogen-bond donors (Lipinski definition) is 2. The first-order chi connectivity index (χ1) is 13.0. The topological polar surface area (TPSA) is 97.5 Å². The Balaban J connectivity index is 2.15. The average molecular weight is 402 g/mol. The van der Waals surface area contributed by atoms with Gasteiger partial charge in [-0.2, -0.15) is 8.42 Å². The first-order valence-electron chi connectivity index (χ1n) is 9.56. The van der Waals surface area contributed by atoms with Crippen LogP contribution < -0.4 is 5.73 Å². The van der Waals surface area contributed by atoms with Crippen LogP contribution in [0.3, 0.4) is 0 Å². The molecule has 1 saturated carbocycles. The molecule has 1 aliphatic carbocycles. The average Bonchev–Trinajstić information content (AvgIpc) is 3.40. The van der Waals surface area contributed by atoms with Gasteiger partial charge in [0.1, 0.15) is 4.90 Å². The zero-order valence-electron chi connectivity index (χ0n) is 16.6. The molecule has 0 spiro atoms. The molecule has 3 N–H and O–H groups in total. The molecule has 0 aromatic heterocycles. The van der Waals surface area contributed by atoms with Crippen molar-refractivity contribution in [3.05, 3.63) is 58.7 Å². The van der Waals surface area contributed by atoms with Gasteiger partial charge in [-0.25, -0.2) is 0 Å². The van der Waals surface area contributed by atoms with Gasteiger partial charge >= 0.3 is 0 Å². The third kappa shape index (κ3) is 3.71. The maximum Gasteiger partial charge on any atom is 0.295 e. The van der Waals surface area contributed by atoms with E-state index in [-0.39, 0.29) is 45.6 Å². The first kappa shape index (κ1) is 20.6. The van der Waals surface area contributed by atoms with Gasteiger partial charge in [-0.15, -0.1) is 0 Å². The number of anilines is 1. The molecule has 150 valence electrons. The van der Waals surface area contributed by atoms with Crippen LogP contribution in [0.2, 0.25) is 0 Å². The predicted octanol–water partition coefficient (Wildman–Crippen LogP) is 4.75. The maximum absolute atomic E-state index is 13.3. The highest BCUT2D eigenvalue weighted by molar-refractivity contribution is 7.86. The third-order valence-electron chi connectivity index (χ3n) is 5.43. The minimum absolute atomic E-state index is 0.118. The van der Waals surface area contributed by atoms with E-state index in [2.05, 4.69) is 0 Å². The second-order valence-corrected chi connectivity index (χ2v) is 9.54. The normalized spacial score (nSPS) is 19.2. The lowest BCUT2D eigenvalue weighted by molar-refractivity contribution is 0.0964. The molecule has 0 saturated heterocycles. The molecule has 0 amide bonds. The Bertz CT molecular complexity index is 1010. The first-order valence-corrected chi connectivity index (χ1v) is 11.0. The number of nitrogen functional groups attached to an aromatic ring is 1. The summed E-state index contributed by atoms with van der Waals surface area (Å²) >= 11 is 0. The monoisotopic (exact) mass is 401 g/mol. The number of hydrogen-bond acceptors (Lipinski definition) is 4. The zero-order chi connectivity index (χ0) is 20.8. The van der Waals surface area contributed by atoms with Gasteiger partial charge in [-0.05, 0) is 46.9 Å². The molecule has 0 aliphatic heterocycles. The summed E-state index contributed by atoms with van der Waals surface area (Å²) in [6, 6.07) is 11.3. The van der Waals surface area contributed by atoms with Gasteiger partial charge in [-0.1, -0.05) is 58.0 Å². The van der Waals surface area contributed by atoms with Crippen LogP contribution in [0.5, 0.6) is 0 Å². The Hall–Kier alpha value is -2.18. The maximum atomic E-state index is 13.3. The van der Waals surface area contributed by atoms with Gasteiger partial charge in [-0.3, -0.25) is 9.35 Å². The molecule has 5 nitrogen and oxygen atoms in total. The molecule has 28 heavy (non-hydrogen) atoms. The minimum Gasteiger partial charge on any atom is -0.398 e. The Kier molecular flexibility index (Phi) is 5.38. The molecule has 0 radical (unpaired) electrons. The van der Waals surface area contributed by atoms with Crippen LogP contribution in [-0.2, 0) is 10.1 Å². The lowest BCUT2D eigenvalue weighted by Crippen LogP contribution is -2.18. The van der Waals surface area contributed by atoms with Crippen LogP contribution in [-0.4, -0.2) is 18.8 Å². The van der Waals surface area contributed by atoms with E-state index in [4.69, 9.17) is 5.73 Å². The SMILES string of the molecule is CC(C)c1cc(N)c(C(=O)C2CC2c2ccccc2)c(C(C)C)c1S(=O)(=O)O. The van der Waals surface area contributed by atoms with E-state index in [1.807, 2.05) is 58.0 Å². The highest BCUT2D eigenvalue weighted by Crippen LogP contribution is 2.51. The molecule has 0 bridgehead atoms. The number of benzene rings is 2. The summed E-state index contributed by atoms with van der Waals surface area (Å²) in [6.45, 7) is 7.29. The van der Waals surface area contributed by atoms with E-state index in [1.54, 1.807) is 0 Å². The fraction of sp³-hybridized carbons (Fsp3) is 0.409. The molecule has 2 unspecified atom stereocenters. The van der Waals surface area contributed by atoms with Crippen molar-refractivity contribution in [2.24, 2.45) is 5.92 Å². The van der Waals surface area contributed by atoms with Crippen LogP contribution in [0, 0.1) is 5.92 Å². The van der Waals surface area contributed by atoms with Crippen LogP contribution in [0.25, 0.3) is 0 Å². The molecule has 1 aliphatic rings. The number of Topliss-reactive ketones (excluding diaryl/α,β-unsaturated/α-hetero) is 1. The van der Waals surface area contributed by atoms with E-state index in [1.165, 1.54) is 6.07 Å². The Morgan fingerprint density at radius 3 is 2.21 bits per heavy atom. The molecule has 6 heteroatoms. The zero-order valence-corrected chi connectivity index (χ0v) is 17.5. The number of nitrogens with two attached hydrogens (primary N) is 1. The van der Waals surface area contributed by atoms with Crippen molar-refractivity contribution in [3.63, 3.8) is 0 Å². The molecule has 2 atom stereocenters. The fourth-order valence-corrected chi connectivity index (χ4v) is 5.22. The van der Waals surface area contributed by atoms with Crippen molar-refractivity contribution in [2.75, 3.05) is 5.73 Å². The van der Waals surface area contributed by atoms with Crippen LogP contribution in [0.1, 0.15) is 78.9 Å². The lowest BCUT2D eigenvalue weighted by Gasteiger charge is -2.22. The van der Waals surface area contributed by atoms with Crippen molar-refractivity contribution in [1.29, 1.82) is 0 Å². The number of carbonyl (C=O) groups is 1. The van der Waals surface area contributed by atoms with Crippen molar-refractivity contribution in [3.8, 4) is 0 Å². The van der Waals surface area contributed by atoms with Crippen molar-refractivity contribution < 1.29 is 17.8 Å². The van der Waals surface area contributed by atoms with Crippen LogP contribution in [0.15, 0.2) is 41.3 Å². The number of carbonyl (C=O) groups excluding carboxylic acids is 1. The van der Waals surface area contributed by atoms with Crippen molar-refractivity contribution in [2.45, 2.75) is 56.8 Å². The van der Waals surface area contributed by atoms with Gasteiger partial charge in [0.2, 0.25) is 0 Å². The van der Waals surface area contributed by atoms with E-state index in [0.717, 1.165) is 5.56 Å². The second-order valence-electron chi connectivity index (χ2n) is 8.18. The summed E-state index contributed by atoms with van der Waals surface area (Å²) in [5.41, 5.74) is 8.66. The molecule has 2 aromatic carbocycles. The molecule has 2 aromatic rings. The van der Waals surface area contributed by atoms with Gasteiger partial charge in [0.05, 0.1) is 0 Å². The van der Waals surface area contributed by atoms with E-state index < -0.39 is 10.1 Å². The predicted molar refractivity (Wildman–Crippen MR) is 110 cm³/mol. The summed E-state index contributed by atoms with van der Waals surface area (Å²) in [5.74, 6) is -0.701. The van der Waals surface area contributed by atoms with Crippen LogP contribution >= 0.6 is 0 Å². The Morgan fingerprint density at radius 2 is 1.71 bits per heavy atom. The van der Waals surface area contributed by atoms with Crippen molar-refractivity contribution >= 4 is 21.6 Å². The van der Waals surface area contributed by atoms with Gasteiger partial charge in [0.25, 0.3) is 10.1 Å². The van der Waals surface area contributed by atoms with Crippen molar-refractivity contribution in [1.82, 2.24) is 0 Å². The number of rotatable bonds is 6. The second kappa shape index (κ2) is 7.33. The van der Waals surface area contributed by atoms with E-state index in [9.17, 15) is 17.8 Å². The lowest BCUT2D eigenvalue weighted by atomic mass is 9.87. The van der Waals surface area contributed by atoms with Gasteiger partial charge in [0, 0.05) is 17.2 Å². The molecule has 1 fully saturated rings. The quantitative estimate of drug-likeness (QED) is 0.414. The van der Waals surface area contributed by atoms with E-state index >= 15 is 0 Å². The molecular formula is C22H27NO4S. The summed E-state index contributed by atoms with van der Waals surface area (Å²) in [7, 11) is -4.51. The molecule has 0 heterocycles. The smallest absolute Gasteiger partial charge is 0.295 e. The summed E-state index contributed by atoms with van der Waals surface area (Å²) in [6.07, 6.45) is 0.715. The Morgan fingerprint density at radius 1 is 1.11 bits per heavy atom. The Labute approximate surface area is 166 Å². The minimum atomic E-state index is -4.51. The fourth-order valence-electron chi connectivity index (χ4n) is 4.01. The summed E-state index contributed by atoms with van der Waals surface area (Å²) in [5, 5.41) is 0. The van der Waals surface area contributed by atoms with Gasteiger partial charge in [0.15, 0.2) is 5.78 Å². The highest BCUT2D eigenvalue weighted by atomic mass is 32.2. The molecular weight excluding hydrogens is 374 g/mol. The standard InChI is InChI=1S/C22H27NO4S/c1-12(2)15-11-18(23)20(19(13(3)4)22(15)28(25,26)27)21(24)17-10-16(17)14-8-6-5-7-9-14/h5-9,11-13,16-17H,10,23H2,1-4H3,(H,25,26,27). The highest BCUT2D eigenvalue weighted by Gasteiger charge is 2.46. The largest absolute Gasteiger partial charge is 0.398 e. The van der Waals surface area contributed by atoms with Crippen LogP contribution in [0.4, 0.5) is 5.69 Å². The van der Waals surface area contributed by atoms with E-state index in [0.29, 0.717) is 17.5 Å². The third-order valence-corrected chi connectivity index (χ3v) is 6.41. The van der Waals surface area contributed by atoms with Gasteiger partial charge < -0.3 is 5.73 Å². The summed E-state index contributed by atoms with van der Waals surface area (Å²) in [4.78, 5) is 13.2. The molecule has 3 rings (SSSR count). The summed E-state index contributed by atoms with van der Waals surface area (Å²) < 4.78 is 34.4. The number of ketones is 1.